The van der Waals surface area contributed by atoms with Crippen molar-refractivity contribution < 1.29 is 9.84 Å². The van der Waals surface area contributed by atoms with E-state index in [-0.39, 0.29) is 6.10 Å². The minimum Gasteiger partial charge on any atom is -0.496 e. The Morgan fingerprint density at radius 3 is 2.38 bits per heavy atom. The molecule has 3 heteroatoms. The minimum absolute atomic E-state index is 0.327. The van der Waals surface area contributed by atoms with Gasteiger partial charge in [0.1, 0.15) is 5.75 Å². The Bertz CT molecular complexity index is 578. The SMILES string of the molecule is COc1ccc(CC(O)CCc2ccc(C)cc2)cc1Br. The molecule has 0 fully saturated rings. The van der Waals surface area contributed by atoms with Crippen LogP contribution in [0, 0.1) is 6.92 Å². The number of aliphatic hydroxyl groups is 1. The fraction of sp³-hybridized carbons (Fsp3) is 0.333. The second-order valence-electron chi connectivity index (χ2n) is 5.35. The van der Waals surface area contributed by atoms with Crippen LogP contribution in [0.15, 0.2) is 46.9 Å². The topological polar surface area (TPSA) is 29.5 Å². The Morgan fingerprint density at radius 1 is 1.10 bits per heavy atom. The highest BCUT2D eigenvalue weighted by Crippen LogP contribution is 2.26. The van der Waals surface area contributed by atoms with Gasteiger partial charge in [-0.2, -0.15) is 0 Å². The first-order valence-electron chi connectivity index (χ1n) is 7.14. The highest BCUT2D eigenvalue weighted by atomic mass is 79.9. The van der Waals surface area contributed by atoms with Crippen LogP contribution in [-0.2, 0) is 12.8 Å². The van der Waals surface area contributed by atoms with E-state index in [1.165, 1.54) is 11.1 Å². The Morgan fingerprint density at radius 2 is 1.76 bits per heavy atom. The van der Waals surface area contributed by atoms with Crippen molar-refractivity contribution in [3.05, 3.63) is 63.6 Å². The van der Waals surface area contributed by atoms with Gasteiger partial charge in [0.05, 0.1) is 17.7 Å². The van der Waals surface area contributed by atoms with Crippen LogP contribution in [0.2, 0.25) is 0 Å². The lowest BCUT2D eigenvalue weighted by Gasteiger charge is -2.12. The average Bonchev–Trinajstić information content (AvgIpc) is 2.47. The molecule has 0 aromatic heterocycles. The van der Waals surface area contributed by atoms with Gasteiger partial charge < -0.3 is 9.84 Å². The standard InChI is InChI=1S/C18H21BrO2/c1-13-3-5-14(6-4-13)7-9-16(20)11-15-8-10-18(21-2)17(19)12-15/h3-6,8,10,12,16,20H,7,9,11H2,1-2H3. The third kappa shape index (κ3) is 4.87. The molecule has 2 nitrogen and oxygen atoms in total. The summed E-state index contributed by atoms with van der Waals surface area (Å²) in [5, 5.41) is 10.2. The summed E-state index contributed by atoms with van der Waals surface area (Å²) < 4.78 is 6.13. The third-order valence-electron chi connectivity index (χ3n) is 3.57. The smallest absolute Gasteiger partial charge is 0.133 e. The zero-order valence-electron chi connectivity index (χ0n) is 12.5. The van der Waals surface area contributed by atoms with Crippen LogP contribution in [-0.4, -0.2) is 18.3 Å². The second-order valence-corrected chi connectivity index (χ2v) is 6.21. The molecule has 2 rings (SSSR count). The van der Waals surface area contributed by atoms with Crippen molar-refractivity contribution in [2.24, 2.45) is 0 Å². The summed E-state index contributed by atoms with van der Waals surface area (Å²) in [5.74, 6) is 0.813. The molecule has 0 radical (unpaired) electrons. The van der Waals surface area contributed by atoms with Crippen LogP contribution in [0.25, 0.3) is 0 Å². The fourth-order valence-corrected chi connectivity index (χ4v) is 2.89. The molecule has 1 unspecified atom stereocenters. The number of hydrogen-bond acceptors (Lipinski definition) is 2. The molecule has 0 aliphatic carbocycles. The highest BCUT2D eigenvalue weighted by molar-refractivity contribution is 9.10. The lowest BCUT2D eigenvalue weighted by atomic mass is 10.0. The molecule has 0 aliphatic rings. The van der Waals surface area contributed by atoms with E-state index < -0.39 is 0 Å². The van der Waals surface area contributed by atoms with Gasteiger partial charge in [0.2, 0.25) is 0 Å². The summed E-state index contributed by atoms with van der Waals surface area (Å²) in [4.78, 5) is 0. The number of hydrogen-bond donors (Lipinski definition) is 1. The highest BCUT2D eigenvalue weighted by Gasteiger charge is 2.08. The molecular weight excluding hydrogens is 328 g/mol. The van der Waals surface area contributed by atoms with Crippen LogP contribution in [0.5, 0.6) is 5.75 Å². The lowest BCUT2D eigenvalue weighted by Crippen LogP contribution is -2.11. The van der Waals surface area contributed by atoms with Crippen molar-refractivity contribution in [2.45, 2.75) is 32.3 Å². The summed E-state index contributed by atoms with van der Waals surface area (Å²) in [6, 6.07) is 14.4. The number of halogens is 1. The summed E-state index contributed by atoms with van der Waals surface area (Å²) in [5.41, 5.74) is 3.65. The zero-order chi connectivity index (χ0) is 15.2. The first kappa shape index (κ1) is 16.1. The molecule has 2 aromatic carbocycles. The van der Waals surface area contributed by atoms with Crippen LogP contribution < -0.4 is 4.74 Å². The zero-order valence-corrected chi connectivity index (χ0v) is 14.1. The average molecular weight is 349 g/mol. The first-order chi connectivity index (χ1) is 10.1. The summed E-state index contributed by atoms with van der Waals surface area (Å²) >= 11 is 3.47. The quantitative estimate of drug-likeness (QED) is 0.843. The van der Waals surface area contributed by atoms with Gasteiger partial charge in [-0.25, -0.2) is 0 Å². The van der Waals surface area contributed by atoms with E-state index in [1.54, 1.807) is 7.11 Å². The molecule has 112 valence electrons. The van der Waals surface area contributed by atoms with E-state index in [4.69, 9.17) is 4.74 Å². The number of aliphatic hydroxyl groups excluding tert-OH is 1. The summed E-state index contributed by atoms with van der Waals surface area (Å²) in [7, 11) is 1.65. The summed E-state index contributed by atoms with van der Waals surface area (Å²) in [6.45, 7) is 2.08. The number of methoxy groups -OCH3 is 1. The van der Waals surface area contributed by atoms with Gasteiger partial charge in [0, 0.05) is 0 Å². The van der Waals surface area contributed by atoms with Crippen molar-refractivity contribution in [3.8, 4) is 5.75 Å². The summed E-state index contributed by atoms with van der Waals surface area (Å²) in [6.07, 6.45) is 2.01. The predicted molar refractivity (Wildman–Crippen MR) is 89.9 cm³/mol. The van der Waals surface area contributed by atoms with E-state index in [0.29, 0.717) is 6.42 Å². The molecule has 21 heavy (non-hydrogen) atoms. The van der Waals surface area contributed by atoms with Gasteiger partial charge in [-0.15, -0.1) is 0 Å². The van der Waals surface area contributed by atoms with Crippen molar-refractivity contribution in [1.29, 1.82) is 0 Å². The van der Waals surface area contributed by atoms with E-state index >= 15 is 0 Å². The van der Waals surface area contributed by atoms with E-state index in [1.807, 2.05) is 18.2 Å². The van der Waals surface area contributed by atoms with Gasteiger partial charge >= 0.3 is 0 Å². The van der Waals surface area contributed by atoms with Crippen LogP contribution in [0.4, 0.5) is 0 Å². The number of ether oxygens (including phenoxy) is 1. The molecule has 2 aromatic rings. The largest absolute Gasteiger partial charge is 0.496 e. The normalized spacial score (nSPS) is 12.2. The molecular formula is C18H21BrO2. The number of aryl methyl sites for hydroxylation is 2. The molecule has 1 N–H and O–H groups in total. The van der Waals surface area contributed by atoms with Crippen LogP contribution >= 0.6 is 15.9 Å². The van der Waals surface area contributed by atoms with E-state index in [9.17, 15) is 5.11 Å². The third-order valence-corrected chi connectivity index (χ3v) is 4.19. The van der Waals surface area contributed by atoms with Crippen molar-refractivity contribution in [2.75, 3.05) is 7.11 Å². The Balaban J connectivity index is 1.88. The van der Waals surface area contributed by atoms with Gasteiger partial charge in [-0.05, 0) is 65.4 Å². The monoisotopic (exact) mass is 348 g/mol. The van der Waals surface area contributed by atoms with Gasteiger partial charge in [0.15, 0.2) is 0 Å². The molecule has 0 bridgehead atoms. The van der Waals surface area contributed by atoms with E-state index in [2.05, 4.69) is 47.1 Å². The van der Waals surface area contributed by atoms with Gasteiger partial charge in [-0.1, -0.05) is 35.9 Å². The van der Waals surface area contributed by atoms with Gasteiger partial charge in [-0.3, -0.25) is 0 Å². The van der Waals surface area contributed by atoms with Crippen molar-refractivity contribution >= 4 is 15.9 Å². The number of rotatable bonds is 6. The van der Waals surface area contributed by atoms with Crippen LogP contribution in [0.3, 0.4) is 0 Å². The fourth-order valence-electron chi connectivity index (χ4n) is 2.30. The second kappa shape index (κ2) is 7.62. The molecule has 0 saturated heterocycles. The Kier molecular flexibility index (Phi) is 5.83. The van der Waals surface area contributed by atoms with Crippen molar-refractivity contribution in [1.82, 2.24) is 0 Å². The van der Waals surface area contributed by atoms with Crippen LogP contribution in [0.1, 0.15) is 23.1 Å². The molecule has 0 aliphatic heterocycles. The number of benzene rings is 2. The van der Waals surface area contributed by atoms with E-state index in [0.717, 1.165) is 28.6 Å². The molecule has 1 atom stereocenters. The molecule has 0 heterocycles. The Hall–Kier alpha value is -1.32. The Labute approximate surface area is 134 Å². The van der Waals surface area contributed by atoms with Gasteiger partial charge in [0.25, 0.3) is 0 Å². The first-order valence-corrected chi connectivity index (χ1v) is 7.94. The molecule has 0 spiro atoms. The minimum atomic E-state index is -0.327. The maximum Gasteiger partial charge on any atom is 0.133 e. The molecule has 0 amide bonds. The predicted octanol–water partition coefficient (Wildman–Crippen LogP) is 4.30. The lowest BCUT2D eigenvalue weighted by molar-refractivity contribution is 0.165. The van der Waals surface area contributed by atoms with Crippen molar-refractivity contribution in [3.63, 3.8) is 0 Å². The maximum atomic E-state index is 10.2. The molecule has 0 saturated carbocycles. The maximum absolute atomic E-state index is 10.2.